The van der Waals surface area contributed by atoms with Crippen LogP contribution in [0.25, 0.3) is 6.08 Å². The Hall–Kier alpha value is -3.03. The molecule has 1 aromatic rings. The highest BCUT2D eigenvalue weighted by atomic mass is 16.6. The van der Waals surface area contributed by atoms with Crippen molar-refractivity contribution in [2.75, 3.05) is 20.8 Å². The van der Waals surface area contributed by atoms with Crippen LogP contribution in [0.5, 0.6) is 0 Å². The predicted octanol–water partition coefficient (Wildman–Crippen LogP) is 1.01. The van der Waals surface area contributed by atoms with E-state index in [4.69, 9.17) is 4.74 Å². The SMILES string of the molecule is C=Cc1ccn(C(C)N/C=C(\C(=O)OC)C(=O)OCC(=O)OC)c1. The number of esters is 3. The maximum absolute atomic E-state index is 11.9. The summed E-state index contributed by atoms with van der Waals surface area (Å²) < 4.78 is 15.4. The van der Waals surface area contributed by atoms with E-state index in [0.29, 0.717) is 0 Å². The third-order valence-corrected chi connectivity index (χ3v) is 3.06. The summed E-state index contributed by atoms with van der Waals surface area (Å²) in [5, 5.41) is 2.88. The van der Waals surface area contributed by atoms with Crippen LogP contribution >= 0.6 is 0 Å². The summed E-state index contributed by atoms with van der Waals surface area (Å²) in [6.07, 6.45) is 6.28. The summed E-state index contributed by atoms with van der Waals surface area (Å²) in [4.78, 5) is 34.6. The summed E-state index contributed by atoms with van der Waals surface area (Å²) >= 11 is 0. The van der Waals surface area contributed by atoms with E-state index in [9.17, 15) is 14.4 Å². The Morgan fingerprint density at radius 3 is 2.54 bits per heavy atom. The van der Waals surface area contributed by atoms with E-state index >= 15 is 0 Å². The zero-order valence-corrected chi connectivity index (χ0v) is 13.8. The van der Waals surface area contributed by atoms with Crippen molar-refractivity contribution >= 4 is 24.0 Å². The fourth-order valence-corrected chi connectivity index (χ4v) is 1.65. The lowest BCUT2D eigenvalue weighted by atomic mass is 10.3. The third kappa shape index (κ3) is 5.31. The van der Waals surface area contributed by atoms with E-state index in [1.165, 1.54) is 6.20 Å². The van der Waals surface area contributed by atoms with Gasteiger partial charge in [0.2, 0.25) is 0 Å². The van der Waals surface area contributed by atoms with E-state index in [1.807, 2.05) is 30.0 Å². The standard InChI is InChI=1S/C16H20N2O6/c1-5-12-6-7-18(9-12)11(2)17-8-13(15(20)23-4)16(21)24-10-14(19)22-3/h5-9,11,17H,1,10H2,2-4H3/b13-8+. The van der Waals surface area contributed by atoms with Crippen molar-refractivity contribution in [1.29, 1.82) is 0 Å². The van der Waals surface area contributed by atoms with Gasteiger partial charge in [0, 0.05) is 18.6 Å². The van der Waals surface area contributed by atoms with Gasteiger partial charge in [0.05, 0.1) is 20.4 Å². The predicted molar refractivity (Wildman–Crippen MR) is 85.4 cm³/mol. The van der Waals surface area contributed by atoms with Gasteiger partial charge in [-0.15, -0.1) is 0 Å². The van der Waals surface area contributed by atoms with Crippen LogP contribution in [0.3, 0.4) is 0 Å². The van der Waals surface area contributed by atoms with Crippen molar-refractivity contribution in [3.8, 4) is 0 Å². The zero-order valence-electron chi connectivity index (χ0n) is 13.8. The van der Waals surface area contributed by atoms with E-state index in [1.54, 1.807) is 6.08 Å². The van der Waals surface area contributed by atoms with E-state index in [0.717, 1.165) is 19.8 Å². The Labute approximate surface area is 139 Å². The number of ether oxygens (including phenoxy) is 3. The molecule has 1 heterocycles. The molecule has 0 saturated heterocycles. The monoisotopic (exact) mass is 336 g/mol. The number of aromatic nitrogens is 1. The van der Waals surface area contributed by atoms with Gasteiger partial charge in [-0.25, -0.2) is 14.4 Å². The topological polar surface area (TPSA) is 95.9 Å². The second kappa shape index (κ2) is 9.19. The van der Waals surface area contributed by atoms with Crippen LogP contribution in [0.1, 0.15) is 18.7 Å². The highest BCUT2D eigenvalue weighted by Gasteiger charge is 2.22. The van der Waals surface area contributed by atoms with Crippen molar-refractivity contribution < 1.29 is 28.6 Å². The van der Waals surface area contributed by atoms with Crippen LogP contribution in [-0.4, -0.2) is 43.3 Å². The molecule has 0 aromatic carbocycles. The molecule has 0 fully saturated rings. The molecule has 0 aliphatic rings. The molecule has 1 unspecified atom stereocenters. The molecule has 0 spiro atoms. The molecule has 1 N–H and O–H groups in total. The maximum Gasteiger partial charge on any atom is 0.347 e. The molecule has 0 aliphatic heterocycles. The summed E-state index contributed by atoms with van der Waals surface area (Å²) in [6.45, 7) is 4.89. The number of carbonyl (C=O) groups is 3. The van der Waals surface area contributed by atoms with Gasteiger partial charge in [-0.1, -0.05) is 12.7 Å². The Balaban J connectivity index is 2.81. The average Bonchev–Trinajstić information content (AvgIpc) is 3.08. The Kier molecular flexibility index (Phi) is 7.28. The lowest BCUT2D eigenvalue weighted by Crippen LogP contribution is -2.25. The van der Waals surface area contributed by atoms with Crippen LogP contribution in [0, 0.1) is 0 Å². The summed E-state index contributed by atoms with van der Waals surface area (Å²) in [5.74, 6) is -2.62. The molecule has 1 aromatic heterocycles. The van der Waals surface area contributed by atoms with Crippen LogP contribution < -0.4 is 5.32 Å². The maximum atomic E-state index is 11.9. The molecule has 130 valence electrons. The first-order chi connectivity index (χ1) is 11.4. The van der Waals surface area contributed by atoms with Gasteiger partial charge < -0.3 is 24.1 Å². The van der Waals surface area contributed by atoms with Crippen molar-refractivity contribution in [2.24, 2.45) is 0 Å². The minimum Gasteiger partial charge on any atom is -0.466 e. The molecule has 1 rings (SSSR count). The minimum absolute atomic E-state index is 0.258. The largest absolute Gasteiger partial charge is 0.466 e. The molecule has 0 bridgehead atoms. The van der Waals surface area contributed by atoms with Crippen LogP contribution in [0.15, 0.2) is 36.8 Å². The summed E-state index contributed by atoms with van der Waals surface area (Å²) in [7, 11) is 2.29. The van der Waals surface area contributed by atoms with E-state index < -0.39 is 24.5 Å². The van der Waals surface area contributed by atoms with Gasteiger partial charge in [0.1, 0.15) is 0 Å². The fourth-order valence-electron chi connectivity index (χ4n) is 1.65. The number of methoxy groups -OCH3 is 2. The molecular formula is C16H20N2O6. The van der Waals surface area contributed by atoms with Crippen LogP contribution in [0.2, 0.25) is 0 Å². The molecule has 8 nitrogen and oxygen atoms in total. The quantitative estimate of drug-likeness (QED) is 0.249. The molecule has 24 heavy (non-hydrogen) atoms. The average molecular weight is 336 g/mol. The van der Waals surface area contributed by atoms with Gasteiger partial charge in [0.25, 0.3) is 0 Å². The van der Waals surface area contributed by atoms with Gasteiger partial charge >= 0.3 is 17.9 Å². The Bertz CT molecular complexity index is 647. The van der Waals surface area contributed by atoms with Crippen molar-refractivity contribution in [3.63, 3.8) is 0 Å². The van der Waals surface area contributed by atoms with Crippen molar-refractivity contribution in [1.82, 2.24) is 9.88 Å². The van der Waals surface area contributed by atoms with Gasteiger partial charge in [-0.3, -0.25) is 0 Å². The number of nitrogens with zero attached hydrogens (tertiary/aromatic N) is 1. The lowest BCUT2D eigenvalue weighted by molar-refractivity contribution is -0.156. The number of carbonyl (C=O) groups excluding carboxylic acids is 3. The second-order valence-electron chi connectivity index (χ2n) is 4.64. The number of hydrogen-bond acceptors (Lipinski definition) is 7. The normalized spacial score (nSPS) is 12.0. The molecule has 0 amide bonds. The highest BCUT2D eigenvalue weighted by molar-refractivity contribution is 6.14. The van der Waals surface area contributed by atoms with Gasteiger partial charge in [0.15, 0.2) is 12.2 Å². The number of hydrogen-bond donors (Lipinski definition) is 1. The molecule has 0 saturated carbocycles. The zero-order chi connectivity index (χ0) is 18.1. The molecule has 0 aliphatic carbocycles. The van der Waals surface area contributed by atoms with Crippen molar-refractivity contribution in [3.05, 3.63) is 42.4 Å². The van der Waals surface area contributed by atoms with Gasteiger partial charge in [-0.2, -0.15) is 0 Å². The molecule has 8 heteroatoms. The molecular weight excluding hydrogens is 316 g/mol. The Morgan fingerprint density at radius 1 is 1.29 bits per heavy atom. The lowest BCUT2D eigenvalue weighted by Gasteiger charge is -2.15. The molecule has 0 radical (unpaired) electrons. The van der Waals surface area contributed by atoms with Crippen LogP contribution in [-0.2, 0) is 28.6 Å². The van der Waals surface area contributed by atoms with E-state index in [2.05, 4.69) is 21.4 Å². The highest BCUT2D eigenvalue weighted by Crippen LogP contribution is 2.09. The summed E-state index contributed by atoms with van der Waals surface area (Å²) in [6, 6.07) is 1.86. The first-order valence-electron chi connectivity index (χ1n) is 7.01. The first kappa shape index (κ1) is 19.0. The van der Waals surface area contributed by atoms with Crippen LogP contribution in [0.4, 0.5) is 0 Å². The number of nitrogens with one attached hydrogen (secondary N) is 1. The minimum atomic E-state index is -0.994. The Morgan fingerprint density at radius 2 is 2.00 bits per heavy atom. The first-order valence-corrected chi connectivity index (χ1v) is 7.01. The third-order valence-electron chi connectivity index (χ3n) is 3.06. The fraction of sp³-hybridized carbons (Fsp3) is 0.312. The smallest absolute Gasteiger partial charge is 0.347 e. The molecule has 1 atom stereocenters. The summed E-state index contributed by atoms with van der Waals surface area (Å²) in [5.41, 5.74) is 0.558. The van der Waals surface area contributed by atoms with E-state index in [-0.39, 0.29) is 11.7 Å². The van der Waals surface area contributed by atoms with Gasteiger partial charge in [-0.05, 0) is 18.6 Å². The number of rotatable bonds is 8. The second-order valence-corrected chi connectivity index (χ2v) is 4.64. The van der Waals surface area contributed by atoms with Crippen molar-refractivity contribution in [2.45, 2.75) is 13.1 Å².